The summed E-state index contributed by atoms with van der Waals surface area (Å²) >= 11 is 0. The van der Waals surface area contributed by atoms with E-state index >= 15 is 0 Å². The predicted molar refractivity (Wildman–Crippen MR) is 71.7 cm³/mol. The molecule has 1 fully saturated rings. The number of rotatable bonds is 3. The highest BCUT2D eigenvalue weighted by atomic mass is 16.2. The topological polar surface area (TPSA) is 75.4 Å². The van der Waals surface area contributed by atoms with E-state index in [4.69, 9.17) is 5.73 Å². The molecule has 0 aromatic heterocycles. The maximum Gasteiger partial charge on any atom is 0.238 e. The molecule has 100 valence electrons. The van der Waals surface area contributed by atoms with Crippen molar-refractivity contribution in [3.8, 4) is 0 Å². The molecule has 0 bridgehead atoms. The quantitative estimate of drug-likeness (QED) is 0.802. The maximum absolute atomic E-state index is 12.5. The van der Waals surface area contributed by atoms with Crippen molar-refractivity contribution in [1.29, 1.82) is 0 Å². The average molecular weight is 259 g/mol. The molecule has 3 rings (SSSR count). The molecule has 1 saturated carbocycles. The van der Waals surface area contributed by atoms with Gasteiger partial charge >= 0.3 is 0 Å². The van der Waals surface area contributed by atoms with E-state index in [1.165, 1.54) is 0 Å². The van der Waals surface area contributed by atoms with Crippen molar-refractivity contribution >= 4 is 17.5 Å². The average Bonchev–Trinajstić information content (AvgIpc) is 3.15. The first-order chi connectivity index (χ1) is 9.13. The lowest BCUT2D eigenvalue weighted by molar-refractivity contribution is -0.126. The van der Waals surface area contributed by atoms with E-state index in [1.807, 2.05) is 24.3 Å². The monoisotopic (exact) mass is 259 g/mol. The Labute approximate surface area is 111 Å². The molecule has 2 aliphatic rings. The SMILES string of the molecule is CN1C(=O)[C@@]2(C[C@@H]2C(=O)NCCN)c2ccccc21. The molecule has 5 nitrogen and oxygen atoms in total. The summed E-state index contributed by atoms with van der Waals surface area (Å²) in [5, 5.41) is 2.78. The summed E-state index contributed by atoms with van der Waals surface area (Å²) in [6.45, 7) is 0.868. The number of nitrogens with one attached hydrogen (secondary N) is 1. The lowest BCUT2D eigenvalue weighted by atomic mass is 9.94. The largest absolute Gasteiger partial charge is 0.355 e. The van der Waals surface area contributed by atoms with Crippen LogP contribution in [0.1, 0.15) is 12.0 Å². The molecular formula is C14H17N3O2. The third-order valence-corrected chi connectivity index (χ3v) is 4.15. The Balaban J connectivity index is 1.91. The third kappa shape index (κ3) is 1.51. The van der Waals surface area contributed by atoms with Crippen LogP contribution in [-0.4, -0.2) is 32.0 Å². The van der Waals surface area contributed by atoms with Crippen LogP contribution in [0.15, 0.2) is 24.3 Å². The Bertz CT molecular complexity index is 557. The molecule has 0 unspecified atom stereocenters. The van der Waals surface area contributed by atoms with Crippen molar-refractivity contribution in [3.63, 3.8) is 0 Å². The van der Waals surface area contributed by atoms with E-state index in [0.29, 0.717) is 19.5 Å². The molecule has 3 N–H and O–H groups in total. The summed E-state index contributed by atoms with van der Waals surface area (Å²) in [6.07, 6.45) is 0.601. The number of anilines is 1. The van der Waals surface area contributed by atoms with Crippen molar-refractivity contribution in [3.05, 3.63) is 29.8 Å². The highest BCUT2D eigenvalue weighted by Gasteiger charge is 2.68. The van der Waals surface area contributed by atoms with E-state index in [2.05, 4.69) is 5.32 Å². The number of benzene rings is 1. The first-order valence-corrected chi connectivity index (χ1v) is 6.48. The number of hydrogen-bond acceptors (Lipinski definition) is 3. The Kier molecular flexibility index (Phi) is 2.60. The zero-order valence-electron chi connectivity index (χ0n) is 10.8. The fourth-order valence-electron chi connectivity index (χ4n) is 3.10. The normalized spacial score (nSPS) is 27.6. The standard InChI is InChI=1S/C14H17N3O2/c1-17-11-5-3-2-4-9(11)14(13(17)19)8-10(14)12(18)16-7-6-15/h2-5,10H,6-8,15H2,1H3,(H,16,18)/t10-,14+/m1/s1. The van der Waals surface area contributed by atoms with Gasteiger partial charge < -0.3 is 16.0 Å². The molecule has 2 amide bonds. The van der Waals surface area contributed by atoms with Crippen LogP contribution in [0.25, 0.3) is 0 Å². The second kappa shape index (κ2) is 4.06. The molecule has 1 aliphatic carbocycles. The predicted octanol–water partition coefficient (Wildman–Crippen LogP) is -0.00440. The lowest BCUT2D eigenvalue weighted by Crippen LogP contribution is -2.36. The zero-order valence-corrected chi connectivity index (χ0v) is 10.8. The van der Waals surface area contributed by atoms with Crippen LogP contribution in [-0.2, 0) is 15.0 Å². The molecule has 0 radical (unpaired) electrons. The number of nitrogens with two attached hydrogens (primary N) is 1. The minimum atomic E-state index is -0.621. The van der Waals surface area contributed by atoms with Gasteiger partial charge in [0.1, 0.15) is 0 Å². The Morgan fingerprint density at radius 1 is 1.53 bits per heavy atom. The zero-order chi connectivity index (χ0) is 13.6. The summed E-state index contributed by atoms with van der Waals surface area (Å²) in [4.78, 5) is 26.2. The van der Waals surface area contributed by atoms with Gasteiger partial charge in [-0.05, 0) is 18.1 Å². The van der Waals surface area contributed by atoms with Gasteiger partial charge in [0.2, 0.25) is 11.8 Å². The van der Waals surface area contributed by atoms with Crippen molar-refractivity contribution < 1.29 is 9.59 Å². The summed E-state index contributed by atoms with van der Waals surface area (Å²) in [6, 6.07) is 7.70. The summed E-state index contributed by atoms with van der Waals surface area (Å²) in [5.74, 6) is -0.289. The van der Waals surface area contributed by atoms with E-state index in [1.54, 1.807) is 11.9 Å². The fraction of sp³-hybridized carbons (Fsp3) is 0.429. The van der Waals surface area contributed by atoms with Gasteiger partial charge in [-0.1, -0.05) is 18.2 Å². The number of hydrogen-bond donors (Lipinski definition) is 2. The molecule has 19 heavy (non-hydrogen) atoms. The number of fused-ring (bicyclic) bond motifs is 2. The maximum atomic E-state index is 12.5. The van der Waals surface area contributed by atoms with Gasteiger partial charge in [-0.25, -0.2) is 0 Å². The Morgan fingerprint density at radius 2 is 2.26 bits per heavy atom. The number of carbonyl (C=O) groups excluding carboxylic acids is 2. The molecular weight excluding hydrogens is 242 g/mol. The van der Waals surface area contributed by atoms with Gasteiger partial charge in [-0.15, -0.1) is 0 Å². The second-order valence-electron chi connectivity index (χ2n) is 5.19. The molecule has 1 heterocycles. The second-order valence-corrected chi connectivity index (χ2v) is 5.19. The van der Waals surface area contributed by atoms with Crippen LogP contribution < -0.4 is 16.0 Å². The Morgan fingerprint density at radius 3 is 3.00 bits per heavy atom. The van der Waals surface area contributed by atoms with Gasteiger partial charge in [-0.2, -0.15) is 0 Å². The van der Waals surface area contributed by atoms with Crippen molar-refractivity contribution in [1.82, 2.24) is 5.32 Å². The number of carbonyl (C=O) groups is 2. The molecule has 1 aromatic carbocycles. The first kappa shape index (κ1) is 12.2. The van der Waals surface area contributed by atoms with Crippen LogP contribution in [0.5, 0.6) is 0 Å². The number of likely N-dealkylation sites (N-methyl/N-ethyl adjacent to an activating group) is 1. The van der Waals surface area contributed by atoms with Crippen LogP contribution in [0.4, 0.5) is 5.69 Å². The van der Waals surface area contributed by atoms with Crippen molar-refractivity contribution in [2.45, 2.75) is 11.8 Å². The van der Waals surface area contributed by atoms with Crippen molar-refractivity contribution in [2.24, 2.45) is 11.7 Å². The van der Waals surface area contributed by atoms with Gasteiger partial charge in [0.25, 0.3) is 0 Å². The third-order valence-electron chi connectivity index (χ3n) is 4.15. The number of amides is 2. The molecule has 1 spiro atoms. The van der Waals surface area contributed by atoms with E-state index in [9.17, 15) is 9.59 Å². The van der Waals surface area contributed by atoms with E-state index < -0.39 is 5.41 Å². The highest BCUT2D eigenvalue weighted by Crippen LogP contribution is 2.61. The molecule has 1 aromatic rings. The van der Waals surface area contributed by atoms with Gasteiger partial charge in [0.15, 0.2) is 0 Å². The molecule has 5 heteroatoms. The van der Waals surface area contributed by atoms with Crippen LogP contribution in [0.3, 0.4) is 0 Å². The van der Waals surface area contributed by atoms with Crippen molar-refractivity contribution in [2.75, 3.05) is 25.0 Å². The molecule has 1 aliphatic heterocycles. The minimum Gasteiger partial charge on any atom is -0.355 e. The summed E-state index contributed by atoms with van der Waals surface area (Å²) in [5.41, 5.74) is 6.66. The van der Waals surface area contributed by atoms with Crippen LogP contribution in [0.2, 0.25) is 0 Å². The fourth-order valence-corrected chi connectivity index (χ4v) is 3.10. The smallest absolute Gasteiger partial charge is 0.238 e. The van der Waals surface area contributed by atoms with E-state index in [-0.39, 0.29) is 17.7 Å². The van der Waals surface area contributed by atoms with Gasteiger partial charge in [0, 0.05) is 25.8 Å². The van der Waals surface area contributed by atoms with Crippen LogP contribution >= 0.6 is 0 Å². The van der Waals surface area contributed by atoms with Gasteiger partial charge in [0.05, 0.1) is 11.3 Å². The summed E-state index contributed by atoms with van der Waals surface area (Å²) < 4.78 is 0. The Hall–Kier alpha value is -1.88. The number of para-hydroxylation sites is 1. The highest BCUT2D eigenvalue weighted by molar-refractivity contribution is 6.13. The van der Waals surface area contributed by atoms with Crippen LogP contribution in [0, 0.1) is 5.92 Å². The van der Waals surface area contributed by atoms with E-state index in [0.717, 1.165) is 11.3 Å². The molecule has 2 atom stereocenters. The molecule has 0 saturated heterocycles. The first-order valence-electron chi connectivity index (χ1n) is 6.48. The summed E-state index contributed by atoms with van der Waals surface area (Å²) in [7, 11) is 1.77. The minimum absolute atomic E-state index is 0.0293. The van der Waals surface area contributed by atoms with Gasteiger partial charge in [-0.3, -0.25) is 9.59 Å². The number of nitrogens with zero attached hydrogens (tertiary/aromatic N) is 1. The lowest BCUT2D eigenvalue weighted by Gasteiger charge is -2.11.